The number of anilines is 1. The van der Waals surface area contributed by atoms with Crippen molar-refractivity contribution in [3.8, 4) is 22.9 Å². The van der Waals surface area contributed by atoms with E-state index in [1.54, 1.807) is 13.0 Å². The Hall–Kier alpha value is -3.93. The van der Waals surface area contributed by atoms with Gasteiger partial charge >= 0.3 is 0 Å². The van der Waals surface area contributed by atoms with Gasteiger partial charge in [-0.05, 0) is 31.2 Å². The molecule has 4 rings (SSSR count). The number of nitrogens with zero attached hydrogens (tertiary/aromatic N) is 5. The minimum atomic E-state index is -2.84. The SMILES string of the molecule is [2H]C([2H])([2H])N1Cc2nn(C)c(C#N)c2-c2cnc(N)c(c2)O[C@H](C)c2cc(F)ccc2C1=O. The topological polar surface area (TPSA) is 110 Å². The van der Waals surface area contributed by atoms with E-state index >= 15 is 0 Å². The van der Waals surface area contributed by atoms with Gasteiger partial charge < -0.3 is 15.4 Å². The van der Waals surface area contributed by atoms with Crippen molar-refractivity contribution in [3.05, 3.63) is 58.8 Å². The molecule has 1 amide bonds. The van der Waals surface area contributed by atoms with Gasteiger partial charge in [-0.25, -0.2) is 9.37 Å². The molecule has 0 aliphatic carbocycles. The van der Waals surface area contributed by atoms with Crippen LogP contribution in [0.4, 0.5) is 10.2 Å². The Morgan fingerprint density at radius 3 is 2.97 bits per heavy atom. The second-order valence-corrected chi connectivity index (χ2v) is 6.90. The molecule has 0 saturated heterocycles. The lowest BCUT2D eigenvalue weighted by Crippen LogP contribution is -2.28. The molecule has 152 valence electrons. The highest BCUT2D eigenvalue weighted by atomic mass is 19.1. The van der Waals surface area contributed by atoms with E-state index < -0.39 is 31.3 Å². The van der Waals surface area contributed by atoms with Gasteiger partial charge in [0.2, 0.25) is 0 Å². The molecule has 1 atom stereocenters. The van der Waals surface area contributed by atoms with Gasteiger partial charge in [0.1, 0.15) is 23.7 Å². The van der Waals surface area contributed by atoms with Crippen LogP contribution >= 0.6 is 0 Å². The summed E-state index contributed by atoms with van der Waals surface area (Å²) < 4.78 is 45.2. The highest BCUT2D eigenvalue weighted by Gasteiger charge is 2.26. The summed E-state index contributed by atoms with van der Waals surface area (Å²) in [6.45, 7) is -1.69. The number of carbonyl (C=O) groups is 1. The van der Waals surface area contributed by atoms with Crippen molar-refractivity contribution in [1.29, 1.82) is 5.26 Å². The normalized spacial score (nSPS) is 17.8. The minimum absolute atomic E-state index is 0.0405. The third-order valence-corrected chi connectivity index (χ3v) is 4.93. The maximum absolute atomic E-state index is 14.1. The Balaban J connectivity index is 2.04. The summed E-state index contributed by atoms with van der Waals surface area (Å²) in [5.41, 5.74) is 7.13. The Kier molecular flexibility index (Phi) is 3.80. The number of rotatable bonds is 0. The number of fused-ring (bicyclic) bond motifs is 5. The summed E-state index contributed by atoms with van der Waals surface area (Å²) in [4.78, 5) is 18.3. The molecule has 0 spiro atoms. The van der Waals surface area contributed by atoms with Crippen molar-refractivity contribution < 1.29 is 18.0 Å². The Morgan fingerprint density at radius 1 is 1.43 bits per heavy atom. The molecule has 1 aliphatic rings. The quantitative estimate of drug-likeness (QED) is 0.611. The zero-order valence-electron chi connectivity index (χ0n) is 19.2. The largest absolute Gasteiger partial charge is 0.482 e. The van der Waals surface area contributed by atoms with Gasteiger partial charge in [0.15, 0.2) is 11.6 Å². The number of benzene rings is 1. The van der Waals surface area contributed by atoms with Crippen molar-refractivity contribution in [2.75, 3.05) is 12.7 Å². The summed E-state index contributed by atoms with van der Waals surface area (Å²) in [7, 11) is 1.54. The molecule has 2 aromatic heterocycles. The van der Waals surface area contributed by atoms with E-state index in [1.807, 2.05) is 6.07 Å². The third kappa shape index (κ3) is 3.12. The summed E-state index contributed by atoms with van der Waals surface area (Å²) in [5.74, 6) is -1.25. The highest BCUT2D eigenvalue weighted by molar-refractivity contribution is 5.95. The van der Waals surface area contributed by atoms with E-state index in [-0.39, 0.29) is 34.1 Å². The van der Waals surface area contributed by atoms with Crippen LogP contribution in [-0.2, 0) is 13.6 Å². The Labute approximate surface area is 176 Å². The molecule has 8 nitrogen and oxygen atoms in total. The average molecular weight is 409 g/mol. The van der Waals surface area contributed by atoms with Gasteiger partial charge in [0, 0.05) is 46.6 Å². The van der Waals surface area contributed by atoms with Crippen LogP contribution in [0.5, 0.6) is 5.75 Å². The van der Waals surface area contributed by atoms with Crippen LogP contribution in [0.15, 0.2) is 30.5 Å². The van der Waals surface area contributed by atoms with Crippen LogP contribution in [0.1, 0.15) is 44.4 Å². The first-order chi connectivity index (χ1) is 15.5. The van der Waals surface area contributed by atoms with Crippen LogP contribution in [0.25, 0.3) is 11.1 Å². The molecule has 1 aromatic carbocycles. The Bertz CT molecular complexity index is 1310. The Morgan fingerprint density at radius 2 is 2.23 bits per heavy atom. The fourth-order valence-corrected chi connectivity index (χ4v) is 3.49. The van der Waals surface area contributed by atoms with Crippen molar-refractivity contribution in [3.63, 3.8) is 0 Å². The van der Waals surface area contributed by atoms with Gasteiger partial charge in [-0.15, -0.1) is 0 Å². The summed E-state index contributed by atoms with van der Waals surface area (Å²) >= 11 is 0. The smallest absolute Gasteiger partial charge is 0.254 e. The van der Waals surface area contributed by atoms with E-state index in [4.69, 9.17) is 14.6 Å². The van der Waals surface area contributed by atoms with Crippen LogP contribution in [-0.4, -0.2) is 32.5 Å². The predicted molar refractivity (Wildman–Crippen MR) is 107 cm³/mol. The molecule has 9 heteroatoms. The zero-order valence-corrected chi connectivity index (χ0v) is 16.2. The van der Waals surface area contributed by atoms with Crippen LogP contribution in [0, 0.1) is 17.1 Å². The molecule has 0 unspecified atom stereocenters. The van der Waals surface area contributed by atoms with Crippen molar-refractivity contribution in [2.24, 2.45) is 7.05 Å². The number of amides is 1. The minimum Gasteiger partial charge on any atom is -0.482 e. The number of hydrogen-bond acceptors (Lipinski definition) is 6. The molecular formula is C21H19FN6O2. The van der Waals surface area contributed by atoms with Crippen molar-refractivity contribution in [1.82, 2.24) is 19.7 Å². The molecule has 30 heavy (non-hydrogen) atoms. The molecule has 0 saturated carbocycles. The van der Waals surface area contributed by atoms with E-state index in [1.165, 1.54) is 24.0 Å². The lowest BCUT2D eigenvalue weighted by molar-refractivity contribution is 0.0778. The van der Waals surface area contributed by atoms with Crippen LogP contribution in [0.2, 0.25) is 0 Å². The second-order valence-electron chi connectivity index (χ2n) is 6.90. The van der Waals surface area contributed by atoms with Gasteiger partial charge in [-0.3, -0.25) is 9.48 Å². The van der Waals surface area contributed by atoms with Gasteiger partial charge in [-0.1, -0.05) is 0 Å². The summed E-state index contributed by atoms with van der Waals surface area (Å²) in [6, 6.07) is 7.02. The highest BCUT2D eigenvalue weighted by Crippen LogP contribution is 2.35. The first-order valence-corrected chi connectivity index (χ1v) is 9.01. The summed E-state index contributed by atoms with van der Waals surface area (Å²) in [6.07, 6.45) is 0.537. The van der Waals surface area contributed by atoms with Crippen molar-refractivity contribution in [2.45, 2.75) is 19.6 Å². The van der Waals surface area contributed by atoms with E-state index in [9.17, 15) is 14.4 Å². The van der Waals surface area contributed by atoms with Gasteiger partial charge in [0.25, 0.3) is 5.91 Å². The average Bonchev–Trinajstić information content (AvgIpc) is 3.06. The number of ether oxygens (including phenoxy) is 1. The first kappa shape index (κ1) is 15.9. The number of halogens is 1. The second kappa shape index (κ2) is 7.15. The number of nitrogens with two attached hydrogens (primary N) is 1. The number of hydrogen-bond donors (Lipinski definition) is 1. The lowest BCUT2D eigenvalue weighted by atomic mass is 10.00. The monoisotopic (exact) mass is 409 g/mol. The van der Waals surface area contributed by atoms with Crippen molar-refractivity contribution >= 4 is 11.7 Å². The summed E-state index contributed by atoms with van der Waals surface area (Å²) in [5, 5.41) is 14.0. The molecule has 0 fully saturated rings. The van der Waals surface area contributed by atoms with Gasteiger partial charge in [0.05, 0.1) is 12.2 Å². The fourth-order valence-electron chi connectivity index (χ4n) is 3.49. The molecular weight excluding hydrogens is 387 g/mol. The van der Waals surface area contributed by atoms with Gasteiger partial charge in [-0.2, -0.15) is 10.4 Å². The third-order valence-electron chi connectivity index (χ3n) is 4.93. The first-order valence-electron chi connectivity index (χ1n) is 10.5. The number of nitriles is 1. The predicted octanol–water partition coefficient (Wildman–Crippen LogP) is 2.80. The molecule has 2 N–H and O–H groups in total. The van der Waals surface area contributed by atoms with Crippen LogP contribution in [0.3, 0.4) is 0 Å². The number of carbonyl (C=O) groups excluding carboxylic acids is 1. The number of aromatic nitrogens is 3. The fraction of sp³-hybridized carbons (Fsp3) is 0.238. The molecule has 3 aromatic rings. The van der Waals surface area contributed by atoms with Crippen LogP contribution < -0.4 is 10.5 Å². The zero-order chi connectivity index (χ0) is 24.1. The molecule has 1 aliphatic heterocycles. The maximum Gasteiger partial charge on any atom is 0.254 e. The standard InChI is InChI=1S/C21H19FN6O2/c1-11-15-7-13(22)4-5-14(15)21(29)27(2)10-16-19(17(8-23)28(3)26-16)12-6-18(30-11)20(24)25-9-12/h4-7,9,11H,10H2,1-3H3,(H2,24,25)/t11-/m1/s1/i2D3. The molecule has 0 radical (unpaired) electrons. The maximum atomic E-state index is 14.1. The lowest BCUT2D eigenvalue weighted by Gasteiger charge is -2.23. The molecule has 2 bridgehead atoms. The van der Waals surface area contributed by atoms with E-state index in [0.717, 1.165) is 12.1 Å². The number of aryl methyl sites for hydroxylation is 1. The molecule has 3 heterocycles. The number of pyridine rings is 1. The van der Waals surface area contributed by atoms with E-state index in [2.05, 4.69) is 10.1 Å². The number of nitrogen functional groups attached to an aromatic ring is 1. The van der Waals surface area contributed by atoms with E-state index in [0.29, 0.717) is 16.0 Å².